The van der Waals surface area contributed by atoms with Crippen LogP contribution in [-0.4, -0.2) is 17.2 Å². The molecule has 0 aliphatic heterocycles. The molecule has 0 amide bonds. The van der Waals surface area contributed by atoms with Crippen molar-refractivity contribution in [2.75, 3.05) is 0 Å². The predicted molar refractivity (Wildman–Crippen MR) is 79.3 cm³/mol. The number of benzene rings is 2. The lowest BCUT2D eigenvalue weighted by Gasteiger charge is -2.16. The van der Waals surface area contributed by atoms with Crippen molar-refractivity contribution in [2.45, 2.75) is 26.4 Å². The summed E-state index contributed by atoms with van der Waals surface area (Å²) in [6, 6.07) is 11.2. The average molecular weight is 306 g/mol. The largest absolute Gasteiger partial charge is 0.479 e. The van der Waals surface area contributed by atoms with E-state index in [2.05, 4.69) is 0 Å². The summed E-state index contributed by atoms with van der Waals surface area (Å²) in [5, 5.41) is 8.95. The number of halogens is 2. The van der Waals surface area contributed by atoms with E-state index in [4.69, 9.17) is 9.84 Å². The maximum Gasteiger partial charge on any atom is 0.344 e. The Kier molecular flexibility index (Phi) is 4.75. The van der Waals surface area contributed by atoms with Gasteiger partial charge in [-0.15, -0.1) is 0 Å². The van der Waals surface area contributed by atoms with Gasteiger partial charge in [-0.1, -0.05) is 29.8 Å². The highest BCUT2D eigenvalue weighted by molar-refractivity contribution is 5.75. The van der Waals surface area contributed by atoms with Crippen LogP contribution < -0.4 is 4.74 Å². The van der Waals surface area contributed by atoms with E-state index in [-0.39, 0.29) is 5.56 Å². The van der Waals surface area contributed by atoms with Crippen LogP contribution in [0.5, 0.6) is 5.75 Å². The molecule has 0 aliphatic carbocycles. The zero-order chi connectivity index (χ0) is 16.3. The number of carboxylic acid groups (broad SMARTS) is 1. The monoisotopic (exact) mass is 306 g/mol. The van der Waals surface area contributed by atoms with Crippen LogP contribution in [0.2, 0.25) is 0 Å². The summed E-state index contributed by atoms with van der Waals surface area (Å²) in [6.45, 7) is 3.28. The van der Waals surface area contributed by atoms with Crippen LogP contribution in [0.25, 0.3) is 11.1 Å². The fourth-order valence-corrected chi connectivity index (χ4v) is 2.05. The quantitative estimate of drug-likeness (QED) is 0.887. The van der Waals surface area contributed by atoms with Gasteiger partial charge in [0.15, 0.2) is 6.10 Å². The molecule has 0 saturated heterocycles. The molecule has 0 heterocycles. The minimum Gasteiger partial charge on any atom is -0.479 e. The van der Waals surface area contributed by atoms with E-state index in [0.717, 1.165) is 5.56 Å². The van der Waals surface area contributed by atoms with Gasteiger partial charge in [0.25, 0.3) is 6.43 Å². The number of alkyl halides is 2. The smallest absolute Gasteiger partial charge is 0.344 e. The molecule has 5 heteroatoms. The maximum atomic E-state index is 12.8. The molecule has 2 rings (SSSR count). The summed E-state index contributed by atoms with van der Waals surface area (Å²) in [5.41, 5.74) is 1.99. The molecule has 0 saturated carbocycles. The number of carboxylic acids is 1. The van der Waals surface area contributed by atoms with E-state index < -0.39 is 18.5 Å². The van der Waals surface area contributed by atoms with Crippen molar-refractivity contribution in [3.63, 3.8) is 0 Å². The van der Waals surface area contributed by atoms with Gasteiger partial charge in [0.05, 0.1) is 0 Å². The molecule has 1 atom stereocenters. The van der Waals surface area contributed by atoms with Crippen LogP contribution >= 0.6 is 0 Å². The standard InChI is InChI=1S/C17H16F2O3/c1-10-6-7-15(22-11(2)17(20)21)14(8-10)12-4-3-5-13(9-12)16(18)19/h3-9,11,16H,1-2H3,(H,20,21). The molecule has 1 N–H and O–H groups in total. The average Bonchev–Trinajstić information content (AvgIpc) is 2.49. The van der Waals surface area contributed by atoms with Crippen molar-refractivity contribution in [1.82, 2.24) is 0 Å². The number of hydrogen-bond donors (Lipinski definition) is 1. The van der Waals surface area contributed by atoms with Crippen molar-refractivity contribution in [1.29, 1.82) is 0 Å². The first kappa shape index (κ1) is 15.9. The molecule has 0 aliphatic rings. The second-order valence-electron chi connectivity index (χ2n) is 5.02. The number of hydrogen-bond acceptors (Lipinski definition) is 2. The van der Waals surface area contributed by atoms with Gasteiger partial charge in [-0.05, 0) is 37.6 Å². The first-order valence-corrected chi connectivity index (χ1v) is 6.77. The van der Waals surface area contributed by atoms with Gasteiger partial charge >= 0.3 is 5.97 Å². The zero-order valence-corrected chi connectivity index (χ0v) is 12.2. The topological polar surface area (TPSA) is 46.5 Å². The third kappa shape index (κ3) is 3.61. The van der Waals surface area contributed by atoms with Crippen LogP contribution in [0.1, 0.15) is 24.5 Å². The fraction of sp³-hybridized carbons (Fsp3) is 0.235. The second-order valence-corrected chi connectivity index (χ2v) is 5.02. The Labute approximate surface area is 127 Å². The lowest BCUT2D eigenvalue weighted by Crippen LogP contribution is -2.23. The summed E-state index contributed by atoms with van der Waals surface area (Å²) in [5.74, 6) is -0.736. The van der Waals surface area contributed by atoms with Crippen molar-refractivity contribution in [3.8, 4) is 16.9 Å². The number of ether oxygens (including phenoxy) is 1. The highest BCUT2D eigenvalue weighted by Crippen LogP contribution is 2.33. The summed E-state index contributed by atoms with van der Waals surface area (Å²) < 4.78 is 31.1. The van der Waals surface area contributed by atoms with E-state index in [9.17, 15) is 13.6 Å². The number of aryl methyl sites for hydroxylation is 1. The molecule has 0 radical (unpaired) electrons. The van der Waals surface area contributed by atoms with Crippen LogP contribution in [-0.2, 0) is 4.79 Å². The van der Waals surface area contributed by atoms with E-state index in [1.54, 1.807) is 30.3 Å². The molecule has 116 valence electrons. The zero-order valence-electron chi connectivity index (χ0n) is 12.2. The summed E-state index contributed by atoms with van der Waals surface area (Å²) >= 11 is 0. The van der Waals surface area contributed by atoms with E-state index in [1.165, 1.54) is 19.1 Å². The Morgan fingerprint density at radius 1 is 1.18 bits per heavy atom. The molecular weight excluding hydrogens is 290 g/mol. The minimum absolute atomic E-state index is 0.0868. The van der Waals surface area contributed by atoms with Crippen molar-refractivity contribution >= 4 is 5.97 Å². The van der Waals surface area contributed by atoms with Gasteiger partial charge < -0.3 is 9.84 Å². The van der Waals surface area contributed by atoms with Gasteiger partial charge in [-0.25, -0.2) is 13.6 Å². The normalized spacial score (nSPS) is 12.2. The van der Waals surface area contributed by atoms with Crippen LogP contribution in [0.4, 0.5) is 8.78 Å². The molecule has 2 aromatic rings. The Hall–Kier alpha value is -2.43. The molecule has 0 fully saturated rings. The second kappa shape index (κ2) is 6.56. The van der Waals surface area contributed by atoms with Gasteiger partial charge in [0, 0.05) is 11.1 Å². The van der Waals surface area contributed by atoms with E-state index in [1.807, 2.05) is 6.92 Å². The van der Waals surface area contributed by atoms with E-state index in [0.29, 0.717) is 16.9 Å². The maximum absolute atomic E-state index is 12.8. The highest BCUT2D eigenvalue weighted by atomic mass is 19.3. The van der Waals surface area contributed by atoms with Gasteiger partial charge in [0.2, 0.25) is 0 Å². The first-order valence-electron chi connectivity index (χ1n) is 6.77. The summed E-state index contributed by atoms with van der Waals surface area (Å²) in [7, 11) is 0. The van der Waals surface area contributed by atoms with Crippen LogP contribution in [0.3, 0.4) is 0 Å². The number of carbonyl (C=O) groups is 1. The van der Waals surface area contributed by atoms with Crippen molar-refractivity contribution < 1.29 is 23.4 Å². The van der Waals surface area contributed by atoms with Crippen molar-refractivity contribution in [3.05, 3.63) is 53.6 Å². The minimum atomic E-state index is -2.56. The SMILES string of the molecule is Cc1ccc(OC(C)C(=O)O)c(-c2cccc(C(F)F)c2)c1. The van der Waals surface area contributed by atoms with Crippen LogP contribution in [0, 0.1) is 6.92 Å². The Morgan fingerprint density at radius 2 is 1.91 bits per heavy atom. The molecule has 0 bridgehead atoms. The third-order valence-electron chi connectivity index (χ3n) is 3.24. The summed E-state index contributed by atoms with van der Waals surface area (Å²) in [4.78, 5) is 10.9. The Bertz CT molecular complexity index is 683. The lowest BCUT2D eigenvalue weighted by molar-refractivity contribution is -0.144. The fourth-order valence-electron chi connectivity index (χ4n) is 2.05. The third-order valence-corrected chi connectivity index (χ3v) is 3.24. The Morgan fingerprint density at radius 3 is 2.55 bits per heavy atom. The number of rotatable bonds is 5. The van der Waals surface area contributed by atoms with Gasteiger partial charge in [0.1, 0.15) is 5.75 Å². The molecular formula is C17H16F2O3. The first-order chi connectivity index (χ1) is 10.4. The molecule has 2 aromatic carbocycles. The lowest BCUT2D eigenvalue weighted by atomic mass is 10.0. The van der Waals surface area contributed by atoms with Crippen LogP contribution in [0.15, 0.2) is 42.5 Å². The molecule has 1 unspecified atom stereocenters. The summed E-state index contributed by atoms with van der Waals surface area (Å²) in [6.07, 6.45) is -3.59. The van der Waals surface area contributed by atoms with Crippen molar-refractivity contribution in [2.24, 2.45) is 0 Å². The number of aliphatic carboxylic acids is 1. The highest BCUT2D eigenvalue weighted by Gasteiger charge is 2.16. The molecule has 22 heavy (non-hydrogen) atoms. The predicted octanol–water partition coefficient (Wildman–Crippen LogP) is 4.45. The Balaban J connectivity index is 2.47. The van der Waals surface area contributed by atoms with Gasteiger partial charge in [-0.3, -0.25) is 0 Å². The molecule has 0 aromatic heterocycles. The molecule has 3 nitrogen and oxygen atoms in total. The van der Waals surface area contributed by atoms with E-state index >= 15 is 0 Å². The van der Waals surface area contributed by atoms with Gasteiger partial charge in [-0.2, -0.15) is 0 Å². The molecule has 0 spiro atoms.